The van der Waals surface area contributed by atoms with Crippen LogP contribution < -0.4 is 10.6 Å². The highest BCUT2D eigenvalue weighted by molar-refractivity contribution is 6.34. The lowest BCUT2D eigenvalue weighted by Gasteiger charge is -2.37. The third kappa shape index (κ3) is 3.27. The molecule has 0 bridgehead atoms. The molecule has 0 saturated carbocycles. The van der Waals surface area contributed by atoms with Gasteiger partial charge in [0, 0.05) is 31.7 Å². The Hall–Kier alpha value is -2.20. The standard InChI is InChI=1S/C18H20ClN3O/c1-13-5-7-14(8-6-13)18(23)22-11-9-21(10-12-22)17-15(19)3-2-4-16(17)20/h2-8H,9-12,20H2,1H3. The molecule has 2 N–H and O–H groups in total. The monoisotopic (exact) mass is 329 g/mol. The van der Waals surface area contributed by atoms with Gasteiger partial charge in [-0.3, -0.25) is 4.79 Å². The van der Waals surface area contributed by atoms with Gasteiger partial charge in [0.15, 0.2) is 0 Å². The summed E-state index contributed by atoms with van der Waals surface area (Å²) in [6, 6.07) is 13.2. The highest BCUT2D eigenvalue weighted by Crippen LogP contribution is 2.32. The van der Waals surface area contributed by atoms with Crippen LogP contribution in [0.25, 0.3) is 0 Å². The molecular formula is C18H20ClN3O. The maximum absolute atomic E-state index is 12.5. The third-order valence-electron chi connectivity index (χ3n) is 4.20. The number of para-hydroxylation sites is 1. The molecule has 1 aliphatic rings. The fourth-order valence-electron chi connectivity index (χ4n) is 2.88. The minimum absolute atomic E-state index is 0.0804. The molecule has 1 saturated heterocycles. The zero-order valence-corrected chi connectivity index (χ0v) is 13.9. The van der Waals surface area contributed by atoms with Crippen LogP contribution in [0.5, 0.6) is 0 Å². The molecule has 4 nitrogen and oxygen atoms in total. The number of rotatable bonds is 2. The summed E-state index contributed by atoms with van der Waals surface area (Å²) in [6.07, 6.45) is 0. The molecule has 120 valence electrons. The first-order valence-corrected chi connectivity index (χ1v) is 8.09. The Morgan fingerprint density at radius 2 is 1.70 bits per heavy atom. The van der Waals surface area contributed by atoms with Crippen molar-refractivity contribution < 1.29 is 4.79 Å². The van der Waals surface area contributed by atoms with E-state index in [0.717, 1.165) is 29.9 Å². The normalized spacial score (nSPS) is 14.9. The largest absolute Gasteiger partial charge is 0.397 e. The van der Waals surface area contributed by atoms with Gasteiger partial charge in [-0.15, -0.1) is 0 Å². The fraction of sp³-hybridized carbons (Fsp3) is 0.278. The van der Waals surface area contributed by atoms with Crippen molar-refractivity contribution in [1.29, 1.82) is 0 Å². The number of carbonyl (C=O) groups excluding carboxylic acids is 1. The predicted molar refractivity (Wildman–Crippen MR) is 95.2 cm³/mol. The van der Waals surface area contributed by atoms with Crippen molar-refractivity contribution in [2.75, 3.05) is 36.8 Å². The molecule has 1 aliphatic heterocycles. The van der Waals surface area contributed by atoms with Crippen LogP contribution in [0.3, 0.4) is 0 Å². The Balaban J connectivity index is 1.69. The van der Waals surface area contributed by atoms with Crippen LogP contribution in [-0.2, 0) is 0 Å². The minimum atomic E-state index is 0.0804. The quantitative estimate of drug-likeness (QED) is 0.861. The van der Waals surface area contributed by atoms with E-state index in [1.165, 1.54) is 0 Å². The number of halogens is 1. The van der Waals surface area contributed by atoms with E-state index in [4.69, 9.17) is 17.3 Å². The Labute approximate surface area is 141 Å². The lowest BCUT2D eigenvalue weighted by molar-refractivity contribution is 0.0747. The molecule has 23 heavy (non-hydrogen) atoms. The van der Waals surface area contributed by atoms with E-state index in [-0.39, 0.29) is 5.91 Å². The highest BCUT2D eigenvalue weighted by atomic mass is 35.5. The summed E-state index contributed by atoms with van der Waals surface area (Å²) >= 11 is 6.27. The van der Waals surface area contributed by atoms with Gasteiger partial charge in [0.1, 0.15) is 0 Å². The predicted octanol–water partition coefficient (Wildman–Crippen LogP) is 3.19. The number of nitrogens with zero attached hydrogens (tertiary/aromatic N) is 2. The Morgan fingerprint density at radius 3 is 2.30 bits per heavy atom. The van der Waals surface area contributed by atoms with Gasteiger partial charge in [0.25, 0.3) is 5.91 Å². The molecule has 0 radical (unpaired) electrons. The first-order chi connectivity index (χ1) is 11.1. The molecule has 0 aliphatic carbocycles. The van der Waals surface area contributed by atoms with Crippen LogP contribution in [0.4, 0.5) is 11.4 Å². The topological polar surface area (TPSA) is 49.6 Å². The molecule has 0 unspecified atom stereocenters. The van der Waals surface area contributed by atoms with E-state index in [2.05, 4.69) is 4.90 Å². The molecule has 0 spiro atoms. The molecule has 1 heterocycles. The number of aryl methyl sites for hydroxylation is 1. The molecule has 1 amide bonds. The van der Waals surface area contributed by atoms with Crippen molar-refractivity contribution in [3.63, 3.8) is 0 Å². The molecule has 2 aromatic carbocycles. The van der Waals surface area contributed by atoms with Gasteiger partial charge in [-0.05, 0) is 31.2 Å². The van der Waals surface area contributed by atoms with Crippen molar-refractivity contribution in [3.8, 4) is 0 Å². The van der Waals surface area contributed by atoms with Crippen LogP contribution in [0.2, 0.25) is 5.02 Å². The van der Waals surface area contributed by atoms with Crippen LogP contribution in [0, 0.1) is 6.92 Å². The minimum Gasteiger partial charge on any atom is -0.397 e. The number of nitrogen functional groups attached to an aromatic ring is 1. The number of hydrogen-bond acceptors (Lipinski definition) is 3. The number of anilines is 2. The second-order valence-electron chi connectivity index (χ2n) is 5.82. The van der Waals surface area contributed by atoms with Crippen LogP contribution in [0.1, 0.15) is 15.9 Å². The van der Waals surface area contributed by atoms with E-state index >= 15 is 0 Å². The molecular weight excluding hydrogens is 310 g/mol. The molecule has 5 heteroatoms. The van der Waals surface area contributed by atoms with Gasteiger partial charge in [0.2, 0.25) is 0 Å². The summed E-state index contributed by atoms with van der Waals surface area (Å²) in [5, 5.41) is 0.656. The first kappa shape index (κ1) is 15.7. The highest BCUT2D eigenvalue weighted by Gasteiger charge is 2.24. The summed E-state index contributed by atoms with van der Waals surface area (Å²) in [5.41, 5.74) is 9.48. The summed E-state index contributed by atoms with van der Waals surface area (Å²) in [5.74, 6) is 0.0804. The number of benzene rings is 2. The van der Waals surface area contributed by atoms with Gasteiger partial charge >= 0.3 is 0 Å². The second kappa shape index (κ2) is 6.50. The Kier molecular flexibility index (Phi) is 4.44. The Bertz CT molecular complexity index is 686. The maximum atomic E-state index is 12.5. The van der Waals surface area contributed by atoms with E-state index in [9.17, 15) is 4.79 Å². The lowest BCUT2D eigenvalue weighted by atomic mass is 10.1. The summed E-state index contributed by atoms with van der Waals surface area (Å²) in [4.78, 5) is 16.6. The molecule has 2 aromatic rings. The smallest absolute Gasteiger partial charge is 0.253 e. The van der Waals surface area contributed by atoms with Gasteiger partial charge in [0.05, 0.1) is 16.4 Å². The average molecular weight is 330 g/mol. The second-order valence-corrected chi connectivity index (χ2v) is 6.23. The van der Waals surface area contributed by atoms with Crippen LogP contribution in [0.15, 0.2) is 42.5 Å². The molecule has 3 rings (SSSR count). The zero-order valence-electron chi connectivity index (χ0n) is 13.1. The average Bonchev–Trinajstić information content (AvgIpc) is 2.55. The van der Waals surface area contributed by atoms with Crippen LogP contribution in [-0.4, -0.2) is 37.0 Å². The SMILES string of the molecule is Cc1ccc(C(=O)N2CCN(c3c(N)cccc3Cl)CC2)cc1. The maximum Gasteiger partial charge on any atom is 0.253 e. The van der Waals surface area contributed by atoms with Crippen molar-refractivity contribution in [1.82, 2.24) is 4.90 Å². The fourth-order valence-corrected chi connectivity index (χ4v) is 3.18. The van der Waals surface area contributed by atoms with Gasteiger partial charge in [-0.1, -0.05) is 35.4 Å². The zero-order chi connectivity index (χ0) is 16.4. The van der Waals surface area contributed by atoms with E-state index in [1.54, 1.807) is 0 Å². The number of nitrogens with two attached hydrogens (primary N) is 1. The first-order valence-electron chi connectivity index (χ1n) is 7.71. The van der Waals surface area contributed by atoms with Gasteiger partial charge in [-0.25, -0.2) is 0 Å². The summed E-state index contributed by atoms with van der Waals surface area (Å²) < 4.78 is 0. The molecule has 0 aromatic heterocycles. The number of piperazine rings is 1. The third-order valence-corrected chi connectivity index (χ3v) is 4.50. The van der Waals surface area contributed by atoms with Crippen molar-refractivity contribution >= 4 is 28.9 Å². The van der Waals surface area contributed by atoms with Crippen LogP contribution >= 0.6 is 11.6 Å². The number of carbonyl (C=O) groups is 1. The van der Waals surface area contributed by atoms with Crippen molar-refractivity contribution in [3.05, 3.63) is 58.6 Å². The number of hydrogen-bond donors (Lipinski definition) is 1. The number of amides is 1. The molecule has 0 atom stereocenters. The van der Waals surface area contributed by atoms with Gasteiger partial charge < -0.3 is 15.5 Å². The van der Waals surface area contributed by atoms with E-state index < -0.39 is 0 Å². The van der Waals surface area contributed by atoms with E-state index in [1.807, 2.05) is 54.3 Å². The molecule has 1 fully saturated rings. The summed E-state index contributed by atoms with van der Waals surface area (Å²) in [7, 11) is 0. The Morgan fingerprint density at radius 1 is 1.04 bits per heavy atom. The van der Waals surface area contributed by atoms with Crippen molar-refractivity contribution in [2.24, 2.45) is 0 Å². The van der Waals surface area contributed by atoms with Crippen molar-refractivity contribution in [2.45, 2.75) is 6.92 Å². The van der Waals surface area contributed by atoms with E-state index in [0.29, 0.717) is 23.8 Å². The van der Waals surface area contributed by atoms with Gasteiger partial charge in [-0.2, -0.15) is 0 Å². The lowest BCUT2D eigenvalue weighted by Crippen LogP contribution is -2.49. The summed E-state index contributed by atoms with van der Waals surface area (Å²) in [6.45, 7) is 4.80.